The van der Waals surface area contributed by atoms with Crippen LogP contribution < -0.4 is 0 Å². The Hall–Kier alpha value is -0.590. The van der Waals surface area contributed by atoms with Gasteiger partial charge in [-0.2, -0.15) is 24.5 Å². The maximum atomic E-state index is 12.7. The first-order valence-electron chi connectivity index (χ1n) is 5.34. The Balaban J connectivity index is 2.25. The van der Waals surface area contributed by atoms with Gasteiger partial charge in [0.05, 0.1) is 11.7 Å². The van der Waals surface area contributed by atoms with Gasteiger partial charge in [0.1, 0.15) is 6.10 Å². The van der Waals surface area contributed by atoms with E-state index in [1.807, 2.05) is 6.92 Å². The second kappa shape index (κ2) is 4.59. The highest BCUT2D eigenvalue weighted by Gasteiger charge is 2.40. The van der Waals surface area contributed by atoms with E-state index in [0.29, 0.717) is 6.61 Å². The van der Waals surface area contributed by atoms with E-state index in [-0.39, 0.29) is 11.5 Å². The Morgan fingerprint density at radius 2 is 2.18 bits per heavy atom. The first-order valence-corrected chi connectivity index (χ1v) is 6.28. The van der Waals surface area contributed by atoms with Crippen LogP contribution in [0, 0.1) is 5.92 Å². The first kappa shape index (κ1) is 12.9. The summed E-state index contributed by atoms with van der Waals surface area (Å²) in [6, 6.07) is 0. The summed E-state index contributed by atoms with van der Waals surface area (Å²) in [5, 5.41) is 12.4. The highest BCUT2D eigenvalue weighted by Crippen LogP contribution is 2.40. The minimum atomic E-state index is -4.42. The Labute approximate surface area is 101 Å². The SMILES string of the molecule is CC1CCOC1C(O)c1cscc1C(F)(F)F. The van der Waals surface area contributed by atoms with E-state index >= 15 is 0 Å². The molecule has 0 spiro atoms. The van der Waals surface area contributed by atoms with Gasteiger partial charge in [-0.15, -0.1) is 0 Å². The molecule has 0 saturated carbocycles. The van der Waals surface area contributed by atoms with Crippen LogP contribution in [0.4, 0.5) is 13.2 Å². The number of ether oxygens (including phenoxy) is 1. The highest BCUT2D eigenvalue weighted by atomic mass is 32.1. The second-order valence-electron chi connectivity index (χ2n) is 4.28. The molecule has 1 aliphatic heterocycles. The van der Waals surface area contributed by atoms with Crippen molar-refractivity contribution < 1.29 is 23.0 Å². The Morgan fingerprint density at radius 1 is 1.47 bits per heavy atom. The number of aliphatic hydroxyl groups is 1. The number of rotatable bonds is 2. The average molecular weight is 266 g/mol. The summed E-state index contributed by atoms with van der Waals surface area (Å²) in [5.41, 5.74) is -0.820. The molecule has 1 saturated heterocycles. The molecule has 1 aromatic rings. The maximum Gasteiger partial charge on any atom is 0.417 e. The third-order valence-electron chi connectivity index (χ3n) is 3.07. The molecule has 3 atom stereocenters. The van der Waals surface area contributed by atoms with Crippen LogP contribution >= 0.6 is 11.3 Å². The van der Waals surface area contributed by atoms with Crippen molar-refractivity contribution in [2.75, 3.05) is 6.61 Å². The first-order chi connectivity index (χ1) is 7.91. The fraction of sp³-hybridized carbons (Fsp3) is 0.636. The molecule has 3 unspecified atom stereocenters. The average Bonchev–Trinajstić information content (AvgIpc) is 2.82. The lowest BCUT2D eigenvalue weighted by Crippen LogP contribution is -2.24. The zero-order valence-electron chi connectivity index (χ0n) is 9.20. The molecule has 2 nitrogen and oxygen atoms in total. The zero-order chi connectivity index (χ0) is 12.6. The summed E-state index contributed by atoms with van der Waals surface area (Å²) in [6.45, 7) is 2.37. The fourth-order valence-electron chi connectivity index (χ4n) is 2.06. The largest absolute Gasteiger partial charge is 0.417 e. The predicted octanol–water partition coefficient (Wildman–Crippen LogP) is 3.23. The van der Waals surface area contributed by atoms with E-state index < -0.39 is 23.9 Å². The molecule has 0 bridgehead atoms. The van der Waals surface area contributed by atoms with Gasteiger partial charge in [0.25, 0.3) is 0 Å². The van der Waals surface area contributed by atoms with Crippen molar-refractivity contribution in [1.29, 1.82) is 0 Å². The summed E-state index contributed by atoms with van der Waals surface area (Å²) in [5.74, 6) is 0.0750. The highest BCUT2D eigenvalue weighted by molar-refractivity contribution is 7.08. The van der Waals surface area contributed by atoms with E-state index in [1.54, 1.807) is 0 Å². The Morgan fingerprint density at radius 3 is 2.71 bits per heavy atom. The maximum absolute atomic E-state index is 12.7. The summed E-state index contributed by atoms with van der Waals surface area (Å²) in [7, 11) is 0. The number of alkyl halides is 3. The van der Waals surface area contributed by atoms with Gasteiger partial charge in [-0.25, -0.2) is 0 Å². The van der Waals surface area contributed by atoms with Crippen LogP contribution in [-0.4, -0.2) is 17.8 Å². The number of hydrogen-bond donors (Lipinski definition) is 1. The molecule has 1 fully saturated rings. The van der Waals surface area contributed by atoms with Gasteiger partial charge in [0, 0.05) is 17.6 Å². The quantitative estimate of drug-likeness (QED) is 0.890. The van der Waals surface area contributed by atoms with Gasteiger partial charge in [-0.3, -0.25) is 0 Å². The smallest absolute Gasteiger partial charge is 0.386 e. The lowest BCUT2D eigenvalue weighted by atomic mass is 9.94. The van der Waals surface area contributed by atoms with E-state index in [4.69, 9.17) is 4.74 Å². The van der Waals surface area contributed by atoms with Crippen molar-refractivity contribution in [2.24, 2.45) is 5.92 Å². The van der Waals surface area contributed by atoms with Crippen LogP contribution in [0.1, 0.15) is 30.6 Å². The molecule has 0 radical (unpaired) electrons. The van der Waals surface area contributed by atoms with Gasteiger partial charge in [-0.1, -0.05) is 6.92 Å². The summed E-state index contributed by atoms with van der Waals surface area (Å²) in [6.07, 6.45) is -5.38. The number of halogens is 3. The lowest BCUT2D eigenvalue weighted by Gasteiger charge is -2.22. The molecule has 0 aliphatic carbocycles. The minimum Gasteiger partial charge on any atom is -0.386 e. The summed E-state index contributed by atoms with van der Waals surface area (Å²) >= 11 is 0.946. The molecule has 1 N–H and O–H groups in total. The van der Waals surface area contributed by atoms with Crippen molar-refractivity contribution >= 4 is 11.3 Å². The monoisotopic (exact) mass is 266 g/mol. The number of thiophene rings is 1. The molecule has 1 aliphatic rings. The van der Waals surface area contributed by atoms with Crippen molar-refractivity contribution in [3.63, 3.8) is 0 Å². The summed E-state index contributed by atoms with van der Waals surface area (Å²) in [4.78, 5) is 0. The van der Waals surface area contributed by atoms with Gasteiger partial charge in [0.15, 0.2) is 0 Å². The van der Waals surface area contributed by atoms with Crippen LogP contribution in [0.5, 0.6) is 0 Å². The van der Waals surface area contributed by atoms with Crippen LogP contribution in [0.25, 0.3) is 0 Å². The molecule has 17 heavy (non-hydrogen) atoms. The van der Waals surface area contributed by atoms with E-state index in [0.717, 1.165) is 23.1 Å². The second-order valence-corrected chi connectivity index (χ2v) is 5.03. The van der Waals surface area contributed by atoms with Gasteiger partial charge in [-0.05, 0) is 17.7 Å². The van der Waals surface area contributed by atoms with Crippen LogP contribution in [0.2, 0.25) is 0 Å². The molecular formula is C11H13F3O2S. The number of aliphatic hydroxyl groups excluding tert-OH is 1. The fourth-order valence-corrected chi connectivity index (χ4v) is 2.95. The third kappa shape index (κ3) is 2.48. The molecule has 6 heteroatoms. The molecular weight excluding hydrogens is 253 g/mol. The zero-order valence-corrected chi connectivity index (χ0v) is 10.0. The summed E-state index contributed by atoms with van der Waals surface area (Å²) < 4.78 is 43.3. The van der Waals surface area contributed by atoms with Crippen LogP contribution in [-0.2, 0) is 10.9 Å². The van der Waals surface area contributed by atoms with Gasteiger partial charge >= 0.3 is 6.18 Å². The van der Waals surface area contributed by atoms with Crippen molar-refractivity contribution in [1.82, 2.24) is 0 Å². The topological polar surface area (TPSA) is 29.5 Å². The molecule has 1 aromatic heterocycles. The van der Waals surface area contributed by atoms with Gasteiger partial charge in [0.2, 0.25) is 0 Å². The van der Waals surface area contributed by atoms with Gasteiger partial charge < -0.3 is 9.84 Å². The van der Waals surface area contributed by atoms with Crippen molar-refractivity contribution in [3.05, 3.63) is 21.9 Å². The number of hydrogen-bond acceptors (Lipinski definition) is 3. The van der Waals surface area contributed by atoms with E-state index in [9.17, 15) is 18.3 Å². The van der Waals surface area contributed by atoms with Crippen LogP contribution in [0.3, 0.4) is 0 Å². The normalized spacial score (nSPS) is 27.4. The van der Waals surface area contributed by atoms with Crippen molar-refractivity contribution in [3.8, 4) is 0 Å². The molecule has 0 aromatic carbocycles. The molecule has 96 valence electrons. The molecule has 2 rings (SSSR count). The minimum absolute atomic E-state index is 0.0683. The standard InChI is InChI=1S/C11H13F3O2S/c1-6-2-3-16-10(6)9(15)7-4-17-5-8(7)11(12,13)14/h4-6,9-10,15H,2-3H2,1H3. The molecule has 2 heterocycles. The van der Waals surface area contributed by atoms with E-state index in [2.05, 4.69) is 0 Å². The Bertz CT molecular complexity index is 388. The third-order valence-corrected chi connectivity index (χ3v) is 3.83. The van der Waals surface area contributed by atoms with E-state index in [1.165, 1.54) is 5.38 Å². The Kier molecular flexibility index (Phi) is 3.47. The van der Waals surface area contributed by atoms with Crippen molar-refractivity contribution in [2.45, 2.75) is 31.7 Å². The molecule has 0 amide bonds. The lowest BCUT2D eigenvalue weighted by molar-refractivity contribution is -0.139. The van der Waals surface area contributed by atoms with Crippen LogP contribution in [0.15, 0.2) is 10.8 Å². The predicted molar refractivity (Wildman–Crippen MR) is 57.8 cm³/mol.